The van der Waals surface area contributed by atoms with Crippen molar-refractivity contribution in [2.45, 2.75) is 70.6 Å². The molecule has 2 rings (SSSR count). The molecule has 3 N–H and O–H groups in total. The minimum absolute atomic E-state index is 0.0109. The van der Waals surface area contributed by atoms with Crippen molar-refractivity contribution in [1.82, 2.24) is 15.5 Å². The van der Waals surface area contributed by atoms with Crippen molar-refractivity contribution in [1.29, 1.82) is 0 Å². The summed E-state index contributed by atoms with van der Waals surface area (Å²) in [5.41, 5.74) is 0. The summed E-state index contributed by atoms with van der Waals surface area (Å²) in [4.78, 5) is 49.1. The van der Waals surface area contributed by atoms with Gasteiger partial charge in [-0.05, 0) is 50.9 Å². The van der Waals surface area contributed by atoms with Crippen LogP contribution in [0.4, 0.5) is 0 Å². The highest BCUT2D eigenvalue weighted by Gasteiger charge is 2.37. The molecule has 9 heteroatoms. The number of aliphatic carboxylic acids is 1. The number of amides is 3. The molecular weight excluding hydrogens is 418 g/mol. The number of likely N-dealkylation sites (tertiary alicyclic amines) is 1. The first-order valence-corrected chi connectivity index (χ1v) is 11.8. The number of carbonyl (C=O) groups is 4. The Bertz CT molecular complexity index is 676. The Morgan fingerprint density at radius 3 is 2.45 bits per heavy atom. The molecule has 8 nitrogen and oxygen atoms in total. The highest BCUT2D eigenvalue weighted by molar-refractivity contribution is 7.80. The lowest BCUT2D eigenvalue weighted by Crippen LogP contribution is -2.38. The van der Waals surface area contributed by atoms with E-state index in [4.69, 9.17) is 17.3 Å². The van der Waals surface area contributed by atoms with E-state index < -0.39 is 5.97 Å². The maximum absolute atomic E-state index is 12.4. The molecule has 1 saturated carbocycles. The first kappa shape index (κ1) is 25.2. The zero-order valence-electron chi connectivity index (χ0n) is 18.4. The van der Waals surface area contributed by atoms with Gasteiger partial charge in [-0.1, -0.05) is 18.6 Å². The lowest BCUT2D eigenvalue weighted by Gasteiger charge is -2.31. The molecule has 174 valence electrons. The van der Waals surface area contributed by atoms with Gasteiger partial charge in [-0.2, -0.15) is 0 Å². The van der Waals surface area contributed by atoms with Crippen molar-refractivity contribution >= 4 is 40.9 Å². The van der Waals surface area contributed by atoms with E-state index in [1.807, 2.05) is 0 Å². The van der Waals surface area contributed by atoms with Crippen molar-refractivity contribution in [3.05, 3.63) is 0 Å². The van der Waals surface area contributed by atoms with Crippen LogP contribution in [-0.4, -0.2) is 58.8 Å². The summed E-state index contributed by atoms with van der Waals surface area (Å²) in [5.74, 6) is -0.357. The Hall–Kier alpha value is -2.03. The first-order valence-electron chi connectivity index (χ1n) is 11.4. The van der Waals surface area contributed by atoms with E-state index in [9.17, 15) is 19.2 Å². The number of nitrogens with zero attached hydrogens (tertiary/aromatic N) is 1. The van der Waals surface area contributed by atoms with Gasteiger partial charge in [0.2, 0.25) is 17.7 Å². The van der Waals surface area contributed by atoms with Crippen molar-refractivity contribution in [3.63, 3.8) is 0 Å². The largest absolute Gasteiger partial charge is 0.481 e. The molecule has 0 aromatic rings. The number of carboxylic acids is 1. The van der Waals surface area contributed by atoms with Gasteiger partial charge in [0.05, 0.1) is 4.99 Å². The third-order valence-corrected chi connectivity index (χ3v) is 6.91. The number of hydrogen-bond donors (Lipinski definition) is 3. The Kier molecular flexibility index (Phi) is 10.4. The summed E-state index contributed by atoms with van der Waals surface area (Å²) >= 11 is 5.53. The Labute approximate surface area is 189 Å². The number of rotatable bonds is 12. The van der Waals surface area contributed by atoms with Crippen LogP contribution in [0.2, 0.25) is 0 Å². The molecule has 31 heavy (non-hydrogen) atoms. The van der Waals surface area contributed by atoms with E-state index in [-0.39, 0.29) is 36.0 Å². The van der Waals surface area contributed by atoms with Crippen molar-refractivity contribution in [2.24, 2.45) is 17.8 Å². The molecule has 1 saturated heterocycles. The van der Waals surface area contributed by atoms with Crippen LogP contribution >= 0.6 is 12.2 Å². The van der Waals surface area contributed by atoms with Gasteiger partial charge >= 0.3 is 5.97 Å². The van der Waals surface area contributed by atoms with Gasteiger partial charge in [0.25, 0.3) is 0 Å². The third kappa shape index (κ3) is 8.20. The first-order chi connectivity index (χ1) is 14.8. The summed E-state index contributed by atoms with van der Waals surface area (Å²) < 4.78 is 0. The van der Waals surface area contributed by atoms with Crippen molar-refractivity contribution in [3.8, 4) is 0 Å². The van der Waals surface area contributed by atoms with Crippen molar-refractivity contribution < 1.29 is 24.3 Å². The number of carboxylic acid groups (broad SMARTS) is 1. The molecule has 2 fully saturated rings. The topological polar surface area (TPSA) is 116 Å². The molecule has 2 aliphatic rings. The molecule has 1 unspecified atom stereocenters. The molecular formula is C22H35N3O5S. The van der Waals surface area contributed by atoms with Gasteiger partial charge in [0.1, 0.15) is 0 Å². The van der Waals surface area contributed by atoms with E-state index >= 15 is 0 Å². The second kappa shape index (κ2) is 12.7. The summed E-state index contributed by atoms with van der Waals surface area (Å²) in [5, 5.41) is 14.2. The van der Waals surface area contributed by atoms with E-state index in [0.717, 1.165) is 38.5 Å². The van der Waals surface area contributed by atoms with Crippen LogP contribution in [0.1, 0.15) is 70.6 Å². The fourth-order valence-corrected chi connectivity index (χ4v) is 4.78. The zero-order valence-corrected chi connectivity index (χ0v) is 19.2. The standard InChI is InChI=1S/C22H35N3O5S/c1-23-18(26)11-10-17-13-19(27)25(22(17)31)14-15-6-8-16(9-7-15)21(30)24-12-4-2-3-5-20(28)29/h15-17H,2-14H2,1H3,(H,23,26)(H,24,30)(H,28,29). The molecule has 3 amide bonds. The number of hydrogen-bond acceptors (Lipinski definition) is 5. The Balaban J connectivity index is 1.66. The van der Waals surface area contributed by atoms with E-state index in [0.29, 0.717) is 49.7 Å². The second-order valence-corrected chi connectivity index (χ2v) is 9.09. The molecule has 0 aromatic carbocycles. The van der Waals surface area contributed by atoms with Crippen LogP contribution in [0, 0.1) is 17.8 Å². The van der Waals surface area contributed by atoms with E-state index in [1.165, 1.54) is 0 Å². The SMILES string of the molecule is CNC(=O)CCC1CC(=O)N(CC2CCC(C(=O)NCCCCCC(=O)O)CC2)C1=S. The Morgan fingerprint density at radius 1 is 1.10 bits per heavy atom. The minimum Gasteiger partial charge on any atom is -0.481 e. The molecule has 1 atom stereocenters. The number of carbonyl (C=O) groups excluding carboxylic acids is 3. The summed E-state index contributed by atoms with van der Waals surface area (Å²) in [7, 11) is 1.60. The molecule has 0 spiro atoms. The lowest BCUT2D eigenvalue weighted by atomic mass is 9.81. The van der Waals surface area contributed by atoms with E-state index in [2.05, 4.69) is 10.6 Å². The monoisotopic (exact) mass is 453 g/mol. The summed E-state index contributed by atoms with van der Waals surface area (Å²) in [6.45, 7) is 1.21. The summed E-state index contributed by atoms with van der Waals surface area (Å²) in [6.07, 6.45) is 7.19. The number of thiocarbonyl (C=S) groups is 1. The highest BCUT2D eigenvalue weighted by atomic mass is 32.1. The summed E-state index contributed by atoms with van der Waals surface area (Å²) in [6, 6.07) is 0. The number of nitrogens with one attached hydrogen (secondary N) is 2. The molecule has 1 aliphatic heterocycles. The lowest BCUT2D eigenvalue weighted by molar-refractivity contribution is -0.137. The fraction of sp³-hybridized carbons (Fsp3) is 0.773. The van der Waals surface area contributed by atoms with Crippen LogP contribution in [0.3, 0.4) is 0 Å². The zero-order chi connectivity index (χ0) is 22.8. The van der Waals surface area contributed by atoms with Gasteiger partial charge in [-0.15, -0.1) is 0 Å². The maximum Gasteiger partial charge on any atom is 0.303 e. The smallest absolute Gasteiger partial charge is 0.303 e. The van der Waals surface area contributed by atoms with Gasteiger partial charge in [-0.25, -0.2) is 0 Å². The van der Waals surface area contributed by atoms with Gasteiger partial charge < -0.3 is 20.6 Å². The van der Waals surface area contributed by atoms with E-state index in [1.54, 1.807) is 11.9 Å². The molecule has 0 radical (unpaired) electrons. The van der Waals surface area contributed by atoms with Crippen molar-refractivity contribution in [2.75, 3.05) is 20.1 Å². The quantitative estimate of drug-likeness (QED) is 0.308. The number of unbranched alkanes of at least 4 members (excludes halogenated alkanes) is 2. The van der Waals surface area contributed by atoms with Crippen LogP contribution in [0.15, 0.2) is 0 Å². The van der Waals surface area contributed by atoms with Crippen LogP contribution < -0.4 is 10.6 Å². The second-order valence-electron chi connectivity index (χ2n) is 8.67. The highest BCUT2D eigenvalue weighted by Crippen LogP contribution is 2.32. The average Bonchev–Trinajstić information content (AvgIpc) is 3.02. The maximum atomic E-state index is 12.4. The molecule has 0 aromatic heterocycles. The predicted octanol–water partition coefficient (Wildman–Crippen LogP) is 2.26. The minimum atomic E-state index is -0.781. The third-order valence-electron chi connectivity index (χ3n) is 6.36. The molecule has 1 heterocycles. The predicted molar refractivity (Wildman–Crippen MR) is 120 cm³/mol. The Morgan fingerprint density at radius 2 is 1.81 bits per heavy atom. The normalized spacial score (nSPS) is 23.6. The average molecular weight is 454 g/mol. The molecule has 1 aliphatic carbocycles. The van der Waals surface area contributed by atoms with Gasteiger partial charge in [-0.3, -0.25) is 19.2 Å². The fourth-order valence-electron chi connectivity index (χ4n) is 4.40. The van der Waals surface area contributed by atoms with Gasteiger partial charge in [0.15, 0.2) is 0 Å². The van der Waals surface area contributed by atoms with Crippen LogP contribution in [0.25, 0.3) is 0 Å². The van der Waals surface area contributed by atoms with Crippen LogP contribution in [-0.2, 0) is 19.2 Å². The van der Waals surface area contributed by atoms with Gasteiger partial charge in [0, 0.05) is 51.2 Å². The van der Waals surface area contributed by atoms with Crippen LogP contribution in [0.5, 0.6) is 0 Å². The molecule has 0 bridgehead atoms.